The molecule has 0 radical (unpaired) electrons. The Hall–Kier alpha value is -2.45. The summed E-state index contributed by atoms with van der Waals surface area (Å²) in [5, 5.41) is 14.7. The molecule has 3 aromatic rings. The molecule has 0 amide bonds. The Kier molecular flexibility index (Phi) is 6.64. The lowest BCUT2D eigenvalue weighted by Crippen LogP contribution is -2.16. The molecule has 0 fully saturated rings. The molecule has 0 saturated carbocycles. The zero-order valence-electron chi connectivity index (χ0n) is 14.6. The molecule has 0 spiro atoms. The summed E-state index contributed by atoms with van der Waals surface area (Å²) in [7, 11) is 0. The van der Waals surface area contributed by atoms with Gasteiger partial charge in [-0.15, -0.1) is 0 Å². The summed E-state index contributed by atoms with van der Waals surface area (Å²) in [5.74, 6) is -0.0544. The number of hydrogen-bond donors (Lipinski definition) is 1. The summed E-state index contributed by atoms with van der Waals surface area (Å²) < 4.78 is 1.09. The quantitative estimate of drug-likeness (QED) is 0.177. The van der Waals surface area contributed by atoms with Crippen molar-refractivity contribution in [3.63, 3.8) is 0 Å². The van der Waals surface area contributed by atoms with Crippen molar-refractivity contribution in [3.8, 4) is 0 Å². The standard InChI is InChI=1S/C21H16ClIN2O3/c22-18-11-6-15(12-20(18)25(27)28)19(24-17-9-7-16(23)8-10-17)13-21(26)14-4-2-1-3-5-14/h1-12,19,24H,13H2. The number of halogens is 2. The minimum atomic E-state index is -0.521. The monoisotopic (exact) mass is 506 g/mol. The number of rotatable bonds is 7. The van der Waals surface area contributed by atoms with Gasteiger partial charge in [0.05, 0.1) is 11.0 Å². The fourth-order valence-electron chi connectivity index (χ4n) is 2.81. The molecule has 3 rings (SSSR count). The lowest BCUT2D eigenvalue weighted by Gasteiger charge is -2.20. The van der Waals surface area contributed by atoms with E-state index in [4.69, 9.17) is 11.6 Å². The summed E-state index contributed by atoms with van der Waals surface area (Å²) in [4.78, 5) is 23.5. The maximum absolute atomic E-state index is 12.8. The number of nitrogens with one attached hydrogen (secondary N) is 1. The first-order chi connectivity index (χ1) is 13.4. The third kappa shape index (κ3) is 5.08. The molecular weight excluding hydrogens is 491 g/mol. The molecule has 0 bridgehead atoms. The zero-order valence-corrected chi connectivity index (χ0v) is 17.6. The Morgan fingerprint density at radius 2 is 1.75 bits per heavy atom. The highest BCUT2D eigenvalue weighted by molar-refractivity contribution is 14.1. The van der Waals surface area contributed by atoms with Crippen molar-refractivity contribution in [2.45, 2.75) is 12.5 Å². The lowest BCUT2D eigenvalue weighted by atomic mass is 9.97. The van der Waals surface area contributed by atoms with E-state index in [2.05, 4.69) is 27.9 Å². The van der Waals surface area contributed by atoms with Gasteiger partial charge in [0.15, 0.2) is 5.78 Å². The van der Waals surface area contributed by atoms with E-state index in [0.717, 1.165) is 9.26 Å². The first-order valence-electron chi connectivity index (χ1n) is 8.48. The van der Waals surface area contributed by atoms with E-state index in [1.54, 1.807) is 18.2 Å². The minimum absolute atomic E-state index is 0.0544. The third-order valence-electron chi connectivity index (χ3n) is 4.24. The van der Waals surface area contributed by atoms with Crippen molar-refractivity contribution < 1.29 is 9.72 Å². The molecule has 1 N–H and O–H groups in total. The van der Waals surface area contributed by atoms with Crippen LogP contribution in [0.4, 0.5) is 11.4 Å². The molecule has 1 atom stereocenters. The first-order valence-corrected chi connectivity index (χ1v) is 9.94. The van der Waals surface area contributed by atoms with Crippen LogP contribution in [-0.2, 0) is 0 Å². The van der Waals surface area contributed by atoms with Crippen molar-refractivity contribution in [3.05, 3.63) is 103 Å². The number of carbonyl (C=O) groups excluding carboxylic acids is 1. The van der Waals surface area contributed by atoms with Crippen molar-refractivity contribution in [1.29, 1.82) is 0 Å². The first kappa shape index (κ1) is 20.3. The van der Waals surface area contributed by atoms with Crippen LogP contribution in [0.5, 0.6) is 0 Å². The number of hydrogen-bond acceptors (Lipinski definition) is 4. The van der Waals surface area contributed by atoms with Crippen LogP contribution >= 0.6 is 34.2 Å². The number of nitrogens with zero attached hydrogens (tertiary/aromatic N) is 1. The molecule has 0 aliphatic heterocycles. The second-order valence-electron chi connectivity index (χ2n) is 6.17. The predicted octanol–water partition coefficient (Wildman–Crippen LogP) is 6.28. The summed E-state index contributed by atoms with van der Waals surface area (Å²) in [6.07, 6.45) is 0.148. The lowest BCUT2D eigenvalue weighted by molar-refractivity contribution is -0.384. The van der Waals surface area contributed by atoms with Crippen LogP contribution in [0, 0.1) is 13.7 Å². The van der Waals surface area contributed by atoms with E-state index in [1.165, 1.54) is 12.1 Å². The molecular formula is C21H16ClIN2O3. The molecule has 3 aromatic carbocycles. The van der Waals surface area contributed by atoms with E-state index >= 15 is 0 Å². The Bertz CT molecular complexity index is 994. The summed E-state index contributed by atoms with van der Waals surface area (Å²) in [5.41, 5.74) is 1.86. The van der Waals surface area contributed by atoms with Crippen molar-refractivity contribution in [1.82, 2.24) is 0 Å². The topological polar surface area (TPSA) is 72.2 Å². The van der Waals surface area contributed by atoms with Crippen molar-refractivity contribution in [2.24, 2.45) is 0 Å². The second-order valence-corrected chi connectivity index (χ2v) is 7.82. The molecule has 28 heavy (non-hydrogen) atoms. The molecule has 142 valence electrons. The van der Waals surface area contributed by atoms with Gasteiger partial charge in [0.2, 0.25) is 0 Å². The molecule has 0 saturated heterocycles. The van der Waals surface area contributed by atoms with E-state index in [0.29, 0.717) is 11.1 Å². The molecule has 0 heterocycles. The average molecular weight is 507 g/mol. The Labute approximate surface area is 181 Å². The molecule has 5 nitrogen and oxygen atoms in total. The third-order valence-corrected chi connectivity index (χ3v) is 5.28. The van der Waals surface area contributed by atoms with Crippen LogP contribution in [0.2, 0.25) is 5.02 Å². The van der Waals surface area contributed by atoms with Gasteiger partial charge < -0.3 is 5.32 Å². The van der Waals surface area contributed by atoms with Crippen molar-refractivity contribution >= 4 is 51.3 Å². The largest absolute Gasteiger partial charge is 0.378 e. The highest BCUT2D eigenvalue weighted by Gasteiger charge is 2.21. The summed E-state index contributed by atoms with van der Waals surface area (Å²) in [6.45, 7) is 0. The number of benzene rings is 3. The Morgan fingerprint density at radius 3 is 2.39 bits per heavy atom. The SMILES string of the molecule is O=C(CC(Nc1ccc(I)cc1)c1ccc(Cl)c([N+](=O)[O-])c1)c1ccccc1. The maximum Gasteiger partial charge on any atom is 0.288 e. The number of nitro benzene ring substituents is 1. The van der Waals surface area contributed by atoms with Gasteiger partial charge >= 0.3 is 0 Å². The number of anilines is 1. The van der Waals surface area contributed by atoms with Gasteiger partial charge in [-0.2, -0.15) is 0 Å². The minimum Gasteiger partial charge on any atom is -0.378 e. The van der Waals surface area contributed by atoms with Gasteiger partial charge in [-0.1, -0.05) is 48.0 Å². The van der Waals surface area contributed by atoms with E-state index in [-0.39, 0.29) is 22.9 Å². The average Bonchev–Trinajstić information content (AvgIpc) is 2.70. The van der Waals surface area contributed by atoms with Crippen LogP contribution in [0.1, 0.15) is 28.4 Å². The molecule has 7 heteroatoms. The highest BCUT2D eigenvalue weighted by Crippen LogP contribution is 2.31. The highest BCUT2D eigenvalue weighted by atomic mass is 127. The van der Waals surface area contributed by atoms with Gasteiger partial charge in [-0.05, 0) is 58.5 Å². The molecule has 0 aliphatic rings. The number of carbonyl (C=O) groups is 1. The zero-order chi connectivity index (χ0) is 20.1. The summed E-state index contributed by atoms with van der Waals surface area (Å²) >= 11 is 8.16. The van der Waals surface area contributed by atoms with E-state index in [1.807, 2.05) is 42.5 Å². The molecule has 0 aromatic heterocycles. The summed E-state index contributed by atoms with van der Waals surface area (Å²) in [6, 6.07) is 20.9. The Morgan fingerprint density at radius 1 is 1.07 bits per heavy atom. The van der Waals surface area contributed by atoms with Gasteiger partial charge in [-0.25, -0.2) is 0 Å². The Balaban J connectivity index is 1.94. The smallest absolute Gasteiger partial charge is 0.288 e. The van der Waals surface area contributed by atoms with Gasteiger partial charge in [-0.3, -0.25) is 14.9 Å². The van der Waals surface area contributed by atoms with E-state index < -0.39 is 11.0 Å². The number of nitro groups is 1. The predicted molar refractivity (Wildman–Crippen MR) is 119 cm³/mol. The van der Waals surface area contributed by atoms with Crippen LogP contribution in [0.15, 0.2) is 72.8 Å². The molecule has 0 aliphatic carbocycles. The van der Waals surface area contributed by atoms with Gasteiger partial charge in [0.25, 0.3) is 5.69 Å². The van der Waals surface area contributed by atoms with Gasteiger partial charge in [0.1, 0.15) is 5.02 Å². The van der Waals surface area contributed by atoms with Gasteiger partial charge in [0, 0.05) is 27.3 Å². The normalized spacial score (nSPS) is 11.6. The fraction of sp³-hybridized carbons (Fsp3) is 0.0952. The van der Waals surface area contributed by atoms with Crippen LogP contribution in [0.3, 0.4) is 0 Å². The number of ketones is 1. The maximum atomic E-state index is 12.8. The number of Topliss-reactive ketones (excluding diaryl/α,β-unsaturated/α-hetero) is 1. The van der Waals surface area contributed by atoms with Crippen LogP contribution in [-0.4, -0.2) is 10.7 Å². The van der Waals surface area contributed by atoms with Crippen LogP contribution in [0.25, 0.3) is 0 Å². The molecule has 1 unspecified atom stereocenters. The van der Waals surface area contributed by atoms with E-state index in [9.17, 15) is 14.9 Å². The van der Waals surface area contributed by atoms with Crippen molar-refractivity contribution in [2.75, 3.05) is 5.32 Å². The second kappa shape index (κ2) is 9.16. The fourth-order valence-corrected chi connectivity index (χ4v) is 3.36. The van der Waals surface area contributed by atoms with Crippen LogP contribution < -0.4 is 5.32 Å².